The molecule has 158 valence electrons. The molecular weight excluding hydrogens is 416 g/mol. The van der Waals surface area contributed by atoms with Crippen LogP contribution in [0.1, 0.15) is 30.4 Å². The summed E-state index contributed by atoms with van der Waals surface area (Å²) in [6, 6.07) is 7.25. The Morgan fingerprint density at radius 3 is 2.30 bits per heavy atom. The van der Waals surface area contributed by atoms with Crippen LogP contribution in [0.15, 0.2) is 24.3 Å². The van der Waals surface area contributed by atoms with Gasteiger partial charge in [0.15, 0.2) is 5.78 Å². The van der Waals surface area contributed by atoms with Crippen LogP contribution in [0.4, 0.5) is 0 Å². The highest BCUT2D eigenvalue weighted by atomic mass is 32.1. The first kappa shape index (κ1) is 21.6. The largest absolute Gasteiger partial charge is 0.302 e. The van der Waals surface area contributed by atoms with Crippen molar-refractivity contribution in [2.24, 2.45) is 17.8 Å². The number of thiocarbonyl (C=S) groups is 2. The van der Waals surface area contributed by atoms with Gasteiger partial charge in [0.1, 0.15) is 12.1 Å². The molecule has 0 radical (unpaired) electrons. The molecule has 4 rings (SSSR count). The quantitative estimate of drug-likeness (QED) is 0.470. The summed E-state index contributed by atoms with van der Waals surface area (Å²) in [6.45, 7) is 0.744. The number of carbonyl (C=O) groups is 3. The number of aldehydes is 1. The molecule has 0 saturated carbocycles. The second-order valence-electron chi connectivity index (χ2n) is 8.59. The van der Waals surface area contributed by atoms with Crippen molar-refractivity contribution in [3.05, 3.63) is 35.4 Å². The van der Waals surface area contributed by atoms with Gasteiger partial charge in [0.2, 0.25) is 0 Å². The first-order chi connectivity index (χ1) is 14.5. The summed E-state index contributed by atoms with van der Waals surface area (Å²) in [5.41, 5.74) is 2.85. The van der Waals surface area contributed by atoms with E-state index in [9.17, 15) is 14.4 Å². The first-order valence-corrected chi connectivity index (χ1v) is 11.4. The Bertz CT molecular complexity index is 875. The van der Waals surface area contributed by atoms with Gasteiger partial charge in [0, 0.05) is 29.2 Å². The molecule has 0 spiro atoms. The minimum absolute atomic E-state index is 0.0263. The Labute approximate surface area is 187 Å². The maximum atomic E-state index is 13.1. The molecule has 3 aliphatic rings. The van der Waals surface area contributed by atoms with Crippen LogP contribution in [0.5, 0.6) is 0 Å². The summed E-state index contributed by atoms with van der Waals surface area (Å²) in [5, 5.41) is 6.07. The normalized spacial score (nSPS) is 28.7. The smallest absolute Gasteiger partial charge is 0.160 e. The minimum atomic E-state index is -0.675. The molecule has 1 aromatic rings. The van der Waals surface area contributed by atoms with Crippen molar-refractivity contribution in [2.75, 3.05) is 13.1 Å². The molecule has 7 heteroatoms. The summed E-state index contributed by atoms with van der Waals surface area (Å²) >= 11 is 10.7. The van der Waals surface area contributed by atoms with E-state index >= 15 is 0 Å². The predicted molar refractivity (Wildman–Crippen MR) is 123 cm³/mol. The topological polar surface area (TPSA) is 75.3 Å². The number of ketones is 2. The average Bonchev–Trinajstić information content (AvgIpc) is 3.43. The van der Waals surface area contributed by atoms with Gasteiger partial charge in [-0.2, -0.15) is 0 Å². The van der Waals surface area contributed by atoms with Crippen molar-refractivity contribution in [3.63, 3.8) is 0 Å². The summed E-state index contributed by atoms with van der Waals surface area (Å²) in [7, 11) is 0. The zero-order valence-electron chi connectivity index (χ0n) is 16.8. The van der Waals surface area contributed by atoms with Gasteiger partial charge < -0.3 is 15.4 Å². The van der Waals surface area contributed by atoms with Gasteiger partial charge in [-0.25, -0.2) is 0 Å². The molecular formula is C23H26N2O3S2. The highest BCUT2D eigenvalue weighted by molar-refractivity contribution is 7.80. The highest BCUT2D eigenvalue weighted by Crippen LogP contribution is 2.30. The molecule has 0 amide bonds. The van der Waals surface area contributed by atoms with Crippen LogP contribution in [0, 0.1) is 17.8 Å². The molecule has 2 unspecified atom stereocenters. The Kier molecular flexibility index (Phi) is 6.63. The van der Waals surface area contributed by atoms with Gasteiger partial charge in [-0.05, 0) is 42.7 Å². The monoisotopic (exact) mass is 442 g/mol. The van der Waals surface area contributed by atoms with E-state index in [-0.39, 0.29) is 11.6 Å². The predicted octanol–water partition coefficient (Wildman–Crippen LogP) is 1.82. The van der Waals surface area contributed by atoms with Crippen LogP contribution in [0.25, 0.3) is 0 Å². The van der Waals surface area contributed by atoms with Crippen molar-refractivity contribution in [1.82, 2.24) is 10.6 Å². The lowest BCUT2D eigenvalue weighted by molar-refractivity contribution is -0.129. The van der Waals surface area contributed by atoms with E-state index in [1.807, 2.05) is 0 Å². The molecule has 2 heterocycles. The van der Waals surface area contributed by atoms with Gasteiger partial charge in [-0.3, -0.25) is 9.59 Å². The van der Waals surface area contributed by atoms with Gasteiger partial charge in [0.05, 0.1) is 23.9 Å². The van der Waals surface area contributed by atoms with Crippen LogP contribution in [0.3, 0.4) is 0 Å². The third kappa shape index (κ3) is 4.21. The first-order valence-electron chi connectivity index (χ1n) is 10.6. The number of fused-ring (bicyclic) bond motifs is 1. The fraction of sp³-hybridized carbons (Fsp3) is 0.522. The number of benzene rings is 1. The maximum Gasteiger partial charge on any atom is 0.160 e. The number of Topliss-reactive ketones (excluding diaryl/α,β-unsaturated/α-hetero) is 2. The van der Waals surface area contributed by atoms with Crippen molar-refractivity contribution in [1.29, 1.82) is 0 Å². The van der Waals surface area contributed by atoms with Gasteiger partial charge >= 0.3 is 0 Å². The fourth-order valence-corrected chi connectivity index (χ4v) is 5.83. The van der Waals surface area contributed by atoms with Crippen LogP contribution in [-0.2, 0) is 27.2 Å². The second-order valence-corrected chi connectivity index (χ2v) is 9.64. The van der Waals surface area contributed by atoms with Crippen LogP contribution >= 0.6 is 24.4 Å². The van der Waals surface area contributed by atoms with Gasteiger partial charge in [-0.15, -0.1) is 0 Å². The van der Waals surface area contributed by atoms with E-state index in [2.05, 4.69) is 34.9 Å². The third-order valence-corrected chi connectivity index (χ3v) is 7.47. The molecule has 2 saturated heterocycles. The molecule has 2 N–H and O–H groups in total. The molecule has 1 aliphatic carbocycles. The van der Waals surface area contributed by atoms with Crippen LogP contribution in [0.2, 0.25) is 0 Å². The van der Waals surface area contributed by atoms with Crippen LogP contribution in [-0.4, -0.2) is 52.8 Å². The maximum absolute atomic E-state index is 13.1. The Balaban J connectivity index is 1.34. The Hall–Kier alpha value is -1.67. The van der Waals surface area contributed by atoms with E-state index in [1.54, 1.807) is 0 Å². The standard InChI is InChI=1S/C23H26N2O3S2/c26-12-16-20(18(29)10-24-16)23(28)22-21(19(30)11-25-22)17(27)7-3-4-13-8-14-5-1-2-6-15(14)9-13/h1-2,5-6,12-13,16,20-22,24-25H,3-4,7-11H2/t16-,20?,21?,22+/m1/s1. The molecule has 4 atom stereocenters. The van der Waals surface area contributed by atoms with Crippen LogP contribution < -0.4 is 10.6 Å². The lowest BCUT2D eigenvalue weighted by Gasteiger charge is -2.22. The van der Waals surface area contributed by atoms with E-state index in [0.717, 1.165) is 32.0 Å². The summed E-state index contributed by atoms with van der Waals surface area (Å²) in [6.07, 6.45) is 5.11. The lowest BCUT2D eigenvalue weighted by Crippen LogP contribution is -2.47. The van der Waals surface area contributed by atoms with Crippen molar-refractivity contribution in [2.45, 2.75) is 44.2 Å². The molecule has 0 bridgehead atoms. The number of hydrogen-bond donors (Lipinski definition) is 2. The minimum Gasteiger partial charge on any atom is -0.302 e. The number of rotatable bonds is 8. The Morgan fingerprint density at radius 1 is 1.00 bits per heavy atom. The van der Waals surface area contributed by atoms with Crippen molar-refractivity contribution >= 4 is 52.0 Å². The zero-order chi connectivity index (χ0) is 21.3. The SMILES string of the molecule is O=C[C@H]1NCC(=S)C1C(=O)[C@H]1NCC(=S)C1C(=O)CCCC1Cc2ccccc2C1. The average molecular weight is 443 g/mol. The fourth-order valence-electron chi connectivity index (χ4n) is 5.13. The summed E-state index contributed by atoms with van der Waals surface area (Å²) in [4.78, 5) is 38.6. The molecule has 30 heavy (non-hydrogen) atoms. The molecule has 0 aromatic heterocycles. The third-order valence-electron chi connectivity index (χ3n) is 6.67. The molecule has 1 aromatic carbocycles. The summed E-state index contributed by atoms with van der Waals surface area (Å²) < 4.78 is 0. The highest BCUT2D eigenvalue weighted by Gasteiger charge is 2.47. The van der Waals surface area contributed by atoms with Gasteiger partial charge in [-0.1, -0.05) is 48.7 Å². The Morgan fingerprint density at radius 2 is 1.63 bits per heavy atom. The van der Waals surface area contributed by atoms with E-state index in [4.69, 9.17) is 24.4 Å². The van der Waals surface area contributed by atoms with Crippen molar-refractivity contribution in [3.8, 4) is 0 Å². The zero-order valence-corrected chi connectivity index (χ0v) is 18.4. The number of carbonyl (C=O) groups excluding carboxylic acids is 3. The van der Waals surface area contributed by atoms with Gasteiger partial charge in [0.25, 0.3) is 0 Å². The lowest BCUT2D eigenvalue weighted by atomic mass is 9.83. The number of hydrogen-bond acceptors (Lipinski definition) is 7. The molecule has 5 nitrogen and oxygen atoms in total. The van der Waals surface area contributed by atoms with E-state index in [1.165, 1.54) is 11.1 Å². The number of nitrogens with one attached hydrogen (secondary N) is 2. The van der Waals surface area contributed by atoms with E-state index < -0.39 is 23.9 Å². The van der Waals surface area contributed by atoms with Crippen molar-refractivity contribution < 1.29 is 14.4 Å². The van der Waals surface area contributed by atoms with E-state index in [0.29, 0.717) is 35.2 Å². The molecule has 2 aliphatic heterocycles. The second kappa shape index (κ2) is 9.22. The summed E-state index contributed by atoms with van der Waals surface area (Å²) in [5.74, 6) is -0.839. The molecule has 2 fully saturated rings.